The molecule has 4 rings (SSSR count). The van der Waals surface area contributed by atoms with Gasteiger partial charge in [-0.1, -0.05) is 48.5 Å². The first-order valence-electron chi connectivity index (χ1n) is 7.58. The van der Waals surface area contributed by atoms with E-state index in [1.807, 2.05) is 24.3 Å². The van der Waals surface area contributed by atoms with E-state index in [4.69, 9.17) is 0 Å². The van der Waals surface area contributed by atoms with Gasteiger partial charge in [0.2, 0.25) is 5.82 Å². The van der Waals surface area contributed by atoms with Crippen molar-refractivity contribution >= 4 is 0 Å². The van der Waals surface area contributed by atoms with Crippen LogP contribution in [0.2, 0.25) is 0 Å². The van der Waals surface area contributed by atoms with Crippen molar-refractivity contribution in [3.05, 3.63) is 78.4 Å². The van der Waals surface area contributed by atoms with Crippen molar-refractivity contribution in [3.63, 3.8) is 0 Å². The number of hydrogen-bond acceptors (Lipinski definition) is 5. The highest BCUT2D eigenvalue weighted by molar-refractivity contribution is 5.80. The van der Waals surface area contributed by atoms with E-state index in [9.17, 15) is 0 Å². The van der Waals surface area contributed by atoms with E-state index < -0.39 is 0 Å². The van der Waals surface area contributed by atoms with Crippen molar-refractivity contribution in [1.82, 2.24) is 30.6 Å². The number of hydrogen-bond donors (Lipinski definition) is 1. The Labute approximate surface area is 138 Å². The van der Waals surface area contributed by atoms with Gasteiger partial charge in [0, 0.05) is 24.4 Å². The van der Waals surface area contributed by atoms with Crippen LogP contribution in [0.5, 0.6) is 0 Å². The van der Waals surface area contributed by atoms with Gasteiger partial charge in [0.05, 0.1) is 0 Å². The number of aromatic nitrogens is 6. The summed E-state index contributed by atoms with van der Waals surface area (Å²) in [7, 11) is 0. The van der Waals surface area contributed by atoms with Gasteiger partial charge in [0.1, 0.15) is 5.82 Å². The standard InChI is InChI=1S/C18H14N6/c1-2-5-16(18-21-23-24-22-18)15(4-1)14-8-6-13(7-9-14)12-17-19-10-3-11-20-17/h1-11H,12H2,(H,21,22,23,24). The van der Waals surface area contributed by atoms with Gasteiger partial charge in [-0.05, 0) is 28.0 Å². The maximum atomic E-state index is 4.26. The van der Waals surface area contributed by atoms with Crippen molar-refractivity contribution in [1.29, 1.82) is 0 Å². The molecule has 24 heavy (non-hydrogen) atoms. The van der Waals surface area contributed by atoms with Crippen molar-refractivity contribution in [2.75, 3.05) is 0 Å². The molecule has 0 atom stereocenters. The summed E-state index contributed by atoms with van der Waals surface area (Å²) < 4.78 is 0. The van der Waals surface area contributed by atoms with Crippen molar-refractivity contribution in [2.45, 2.75) is 6.42 Å². The molecule has 6 nitrogen and oxygen atoms in total. The molecule has 0 saturated heterocycles. The number of aromatic amines is 1. The summed E-state index contributed by atoms with van der Waals surface area (Å²) in [5.41, 5.74) is 4.29. The van der Waals surface area contributed by atoms with Gasteiger partial charge >= 0.3 is 0 Å². The number of tetrazole rings is 1. The summed E-state index contributed by atoms with van der Waals surface area (Å²) in [5, 5.41) is 14.3. The molecule has 0 radical (unpaired) electrons. The maximum absolute atomic E-state index is 4.26. The first-order valence-corrected chi connectivity index (χ1v) is 7.58. The fraction of sp³-hybridized carbons (Fsp3) is 0.0556. The molecule has 0 unspecified atom stereocenters. The lowest BCUT2D eigenvalue weighted by atomic mass is 9.98. The lowest BCUT2D eigenvalue weighted by Gasteiger charge is -2.08. The van der Waals surface area contributed by atoms with Crippen LogP contribution in [0.25, 0.3) is 22.5 Å². The lowest BCUT2D eigenvalue weighted by Crippen LogP contribution is -1.95. The number of H-pyrrole nitrogens is 1. The van der Waals surface area contributed by atoms with E-state index in [0.29, 0.717) is 12.2 Å². The first kappa shape index (κ1) is 14.2. The van der Waals surface area contributed by atoms with Crippen molar-refractivity contribution in [2.24, 2.45) is 0 Å². The van der Waals surface area contributed by atoms with Crippen LogP contribution in [0.15, 0.2) is 67.0 Å². The third-order valence-electron chi connectivity index (χ3n) is 3.76. The molecule has 0 bridgehead atoms. The van der Waals surface area contributed by atoms with Crippen molar-refractivity contribution < 1.29 is 0 Å². The van der Waals surface area contributed by atoms with Crippen LogP contribution >= 0.6 is 0 Å². The quantitative estimate of drug-likeness (QED) is 0.626. The van der Waals surface area contributed by atoms with Crippen LogP contribution < -0.4 is 0 Å². The third kappa shape index (κ3) is 2.89. The third-order valence-corrected chi connectivity index (χ3v) is 3.76. The van der Waals surface area contributed by atoms with E-state index >= 15 is 0 Å². The number of benzene rings is 2. The molecule has 0 aliphatic rings. The molecule has 116 valence electrons. The molecule has 2 aromatic heterocycles. The molecule has 4 aromatic rings. The Kier molecular flexibility index (Phi) is 3.77. The number of nitrogens with zero attached hydrogens (tertiary/aromatic N) is 5. The zero-order chi connectivity index (χ0) is 16.2. The molecule has 2 heterocycles. The van der Waals surface area contributed by atoms with E-state index in [1.165, 1.54) is 5.56 Å². The Morgan fingerprint density at radius 2 is 1.54 bits per heavy atom. The van der Waals surface area contributed by atoms with Gasteiger partial charge in [-0.3, -0.25) is 0 Å². The summed E-state index contributed by atoms with van der Waals surface area (Å²) >= 11 is 0. The predicted molar refractivity (Wildman–Crippen MR) is 89.9 cm³/mol. The number of rotatable bonds is 4. The van der Waals surface area contributed by atoms with Crippen LogP contribution in [0.3, 0.4) is 0 Å². The van der Waals surface area contributed by atoms with E-state index in [0.717, 1.165) is 22.5 Å². The molecule has 2 aromatic carbocycles. The highest BCUT2D eigenvalue weighted by Gasteiger charge is 2.10. The van der Waals surface area contributed by atoms with Crippen LogP contribution in [-0.4, -0.2) is 30.6 Å². The van der Waals surface area contributed by atoms with Gasteiger partial charge in [0.25, 0.3) is 0 Å². The Morgan fingerprint density at radius 3 is 2.25 bits per heavy atom. The van der Waals surface area contributed by atoms with Gasteiger partial charge < -0.3 is 0 Å². The van der Waals surface area contributed by atoms with Gasteiger partial charge in [-0.15, -0.1) is 10.2 Å². The molecule has 6 heteroatoms. The minimum absolute atomic E-state index is 0.590. The van der Waals surface area contributed by atoms with Crippen LogP contribution in [0.1, 0.15) is 11.4 Å². The minimum atomic E-state index is 0.590. The zero-order valence-corrected chi connectivity index (χ0v) is 12.8. The summed E-state index contributed by atoms with van der Waals surface area (Å²) in [6.45, 7) is 0. The van der Waals surface area contributed by atoms with E-state index in [1.54, 1.807) is 12.4 Å². The zero-order valence-electron chi connectivity index (χ0n) is 12.8. The summed E-state index contributed by atoms with van der Waals surface area (Å²) in [6.07, 6.45) is 4.24. The van der Waals surface area contributed by atoms with Crippen LogP contribution in [-0.2, 0) is 6.42 Å². The summed E-state index contributed by atoms with van der Waals surface area (Å²) in [6, 6.07) is 18.2. The van der Waals surface area contributed by atoms with E-state index in [-0.39, 0.29) is 0 Å². The molecule has 0 fully saturated rings. The SMILES string of the molecule is c1cnc(Cc2ccc(-c3ccccc3-c3nn[nH]n3)cc2)nc1. The van der Waals surface area contributed by atoms with Gasteiger partial charge in [-0.25, -0.2) is 9.97 Å². The highest BCUT2D eigenvalue weighted by atomic mass is 15.5. The molecule has 0 saturated carbocycles. The topological polar surface area (TPSA) is 80.2 Å². The van der Waals surface area contributed by atoms with Gasteiger partial charge in [-0.2, -0.15) is 5.21 Å². The Bertz CT molecular complexity index is 917. The first-order chi connectivity index (χ1) is 11.9. The molecular formula is C18H14N6. The fourth-order valence-corrected chi connectivity index (χ4v) is 2.61. The van der Waals surface area contributed by atoms with Gasteiger partial charge in [0.15, 0.2) is 0 Å². The normalized spacial score (nSPS) is 10.7. The second-order valence-corrected chi connectivity index (χ2v) is 5.32. The molecule has 0 amide bonds. The maximum Gasteiger partial charge on any atom is 0.205 e. The number of nitrogens with one attached hydrogen (secondary N) is 1. The van der Waals surface area contributed by atoms with Crippen molar-refractivity contribution in [3.8, 4) is 22.5 Å². The molecule has 0 aliphatic carbocycles. The Balaban J connectivity index is 1.64. The monoisotopic (exact) mass is 314 g/mol. The molecule has 0 aliphatic heterocycles. The summed E-state index contributed by atoms with van der Waals surface area (Å²) in [4.78, 5) is 8.53. The highest BCUT2D eigenvalue weighted by Crippen LogP contribution is 2.29. The molecule has 1 N–H and O–H groups in total. The summed E-state index contributed by atoms with van der Waals surface area (Å²) in [5.74, 6) is 1.41. The Morgan fingerprint density at radius 1 is 0.792 bits per heavy atom. The second kappa shape index (κ2) is 6.37. The minimum Gasteiger partial charge on any atom is -0.241 e. The lowest BCUT2D eigenvalue weighted by molar-refractivity contribution is 0.881. The smallest absolute Gasteiger partial charge is 0.205 e. The predicted octanol–water partition coefficient (Wildman–Crippen LogP) is 2.91. The van der Waals surface area contributed by atoms with Crippen LogP contribution in [0, 0.1) is 0 Å². The molecule has 0 spiro atoms. The molecular weight excluding hydrogens is 300 g/mol. The van der Waals surface area contributed by atoms with E-state index in [2.05, 4.69) is 60.9 Å². The second-order valence-electron chi connectivity index (χ2n) is 5.32. The largest absolute Gasteiger partial charge is 0.241 e. The van der Waals surface area contributed by atoms with Crippen LogP contribution in [0.4, 0.5) is 0 Å². The average molecular weight is 314 g/mol. The average Bonchev–Trinajstić information content (AvgIpc) is 3.18. The Hall–Kier alpha value is -3.41. The fourth-order valence-electron chi connectivity index (χ4n) is 2.61.